The summed E-state index contributed by atoms with van der Waals surface area (Å²) in [7, 11) is 0. The molecule has 0 aliphatic rings. The van der Waals surface area contributed by atoms with Gasteiger partial charge in [-0.2, -0.15) is 0 Å². The molecule has 1 nitrogen and oxygen atoms in total. The van der Waals surface area contributed by atoms with Crippen LogP contribution >= 0.6 is 11.8 Å². The molecule has 0 aromatic heterocycles. The predicted octanol–water partition coefficient (Wildman–Crippen LogP) is 4.10. The smallest absolute Gasteiger partial charge is 0.151 e. The van der Waals surface area contributed by atoms with Gasteiger partial charge in [-0.3, -0.25) is 4.79 Å². The van der Waals surface area contributed by atoms with Crippen molar-refractivity contribution in [3.63, 3.8) is 0 Å². The number of hydrogen-bond donors (Lipinski definition) is 0. The quantitative estimate of drug-likeness (QED) is 0.758. The van der Waals surface area contributed by atoms with Gasteiger partial charge in [-0.25, -0.2) is 4.39 Å². The van der Waals surface area contributed by atoms with Gasteiger partial charge in [-0.15, -0.1) is 0 Å². The van der Waals surface area contributed by atoms with Crippen molar-refractivity contribution >= 4 is 18.0 Å². The molecular formula is C14H11FOS. The van der Waals surface area contributed by atoms with Crippen LogP contribution in [0.1, 0.15) is 15.9 Å². The molecule has 2 aromatic rings. The van der Waals surface area contributed by atoms with Crippen LogP contribution in [0.5, 0.6) is 0 Å². The number of benzene rings is 2. The average Bonchev–Trinajstić information content (AvgIpc) is 2.34. The molecule has 2 aromatic carbocycles. The zero-order valence-electron chi connectivity index (χ0n) is 9.31. The van der Waals surface area contributed by atoms with Gasteiger partial charge in [-0.1, -0.05) is 41.6 Å². The normalized spacial score (nSPS) is 10.2. The summed E-state index contributed by atoms with van der Waals surface area (Å²) in [5, 5.41) is 0. The molecule has 0 saturated heterocycles. The fourth-order valence-electron chi connectivity index (χ4n) is 1.45. The molecule has 0 amide bonds. The van der Waals surface area contributed by atoms with Gasteiger partial charge in [0.25, 0.3) is 0 Å². The van der Waals surface area contributed by atoms with Crippen LogP contribution in [0.25, 0.3) is 0 Å². The fraction of sp³-hybridized carbons (Fsp3) is 0.0714. The summed E-state index contributed by atoms with van der Waals surface area (Å²) in [5.74, 6) is -0.361. The van der Waals surface area contributed by atoms with E-state index in [1.165, 1.54) is 23.9 Å². The number of hydrogen-bond acceptors (Lipinski definition) is 2. The summed E-state index contributed by atoms with van der Waals surface area (Å²) in [6, 6.07) is 12.3. The molecule has 3 heteroatoms. The molecule has 0 unspecified atom stereocenters. The summed E-state index contributed by atoms with van der Waals surface area (Å²) < 4.78 is 13.6. The van der Waals surface area contributed by atoms with Gasteiger partial charge in [0.15, 0.2) is 6.29 Å². The molecule has 0 radical (unpaired) electrons. The van der Waals surface area contributed by atoms with Crippen molar-refractivity contribution in [1.29, 1.82) is 0 Å². The zero-order chi connectivity index (χ0) is 12.3. The summed E-state index contributed by atoms with van der Waals surface area (Å²) in [6.45, 7) is 1.99. The van der Waals surface area contributed by atoms with Crippen LogP contribution < -0.4 is 0 Å². The lowest BCUT2D eigenvalue weighted by atomic mass is 10.2. The highest BCUT2D eigenvalue weighted by Gasteiger charge is 2.09. The third-order valence-electron chi connectivity index (χ3n) is 2.37. The average molecular weight is 246 g/mol. The third-order valence-corrected chi connectivity index (χ3v) is 3.51. The highest BCUT2D eigenvalue weighted by Crippen LogP contribution is 2.32. The number of aryl methyl sites for hydroxylation is 1. The van der Waals surface area contributed by atoms with Crippen LogP contribution in [0.15, 0.2) is 52.3 Å². The van der Waals surface area contributed by atoms with Crippen molar-refractivity contribution < 1.29 is 9.18 Å². The lowest BCUT2D eigenvalue weighted by Gasteiger charge is -2.06. The molecule has 0 aliphatic carbocycles. The van der Waals surface area contributed by atoms with Crippen molar-refractivity contribution in [2.24, 2.45) is 0 Å². The molecule has 0 bridgehead atoms. The van der Waals surface area contributed by atoms with Gasteiger partial charge in [0.1, 0.15) is 5.82 Å². The van der Waals surface area contributed by atoms with Crippen molar-refractivity contribution in [3.05, 3.63) is 59.4 Å². The highest BCUT2D eigenvalue weighted by atomic mass is 32.2. The molecular weight excluding hydrogens is 235 g/mol. The number of carbonyl (C=O) groups is 1. The molecule has 2 rings (SSSR count). The van der Waals surface area contributed by atoms with Gasteiger partial charge in [0, 0.05) is 10.5 Å². The zero-order valence-corrected chi connectivity index (χ0v) is 10.1. The molecule has 86 valence electrons. The Bertz CT molecular complexity index is 534. The Morgan fingerprint density at radius 3 is 2.47 bits per heavy atom. The topological polar surface area (TPSA) is 17.1 Å². The molecule has 0 N–H and O–H groups in total. The van der Waals surface area contributed by atoms with Crippen molar-refractivity contribution in [2.75, 3.05) is 0 Å². The summed E-state index contributed by atoms with van der Waals surface area (Å²) >= 11 is 1.27. The Kier molecular flexibility index (Phi) is 3.59. The van der Waals surface area contributed by atoms with E-state index in [-0.39, 0.29) is 5.82 Å². The number of carbonyl (C=O) groups excluding carboxylic acids is 1. The van der Waals surface area contributed by atoms with E-state index in [1.54, 1.807) is 6.07 Å². The number of rotatable bonds is 3. The van der Waals surface area contributed by atoms with E-state index in [1.807, 2.05) is 31.2 Å². The Morgan fingerprint density at radius 1 is 1.12 bits per heavy atom. The molecule has 0 fully saturated rings. The number of aldehydes is 1. The van der Waals surface area contributed by atoms with E-state index in [0.717, 1.165) is 10.5 Å². The first-order valence-corrected chi connectivity index (χ1v) is 6.00. The molecule has 0 atom stereocenters. The minimum atomic E-state index is -0.361. The van der Waals surface area contributed by atoms with E-state index in [0.29, 0.717) is 16.7 Å². The predicted molar refractivity (Wildman–Crippen MR) is 67.1 cm³/mol. The van der Waals surface area contributed by atoms with Crippen LogP contribution in [-0.2, 0) is 0 Å². The second-order valence-electron chi connectivity index (χ2n) is 3.69. The SMILES string of the molecule is Cc1ccc(Sc2c(F)cccc2C=O)cc1. The Hall–Kier alpha value is -1.61. The summed E-state index contributed by atoms with van der Waals surface area (Å²) in [6.07, 6.45) is 0.680. The van der Waals surface area contributed by atoms with Crippen molar-refractivity contribution in [3.8, 4) is 0 Å². The van der Waals surface area contributed by atoms with E-state index in [4.69, 9.17) is 0 Å². The number of halogens is 1. The van der Waals surface area contributed by atoms with Crippen LogP contribution in [0.3, 0.4) is 0 Å². The summed E-state index contributed by atoms with van der Waals surface area (Å²) in [4.78, 5) is 12.1. The second kappa shape index (κ2) is 5.15. The van der Waals surface area contributed by atoms with Gasteiger partial charge in [0.2, 0.25) is 0 Å². The first kappa shape index (κ1) is 11.9. The minimum Gasteiger partial charge on any atom is -0.298 e. The van der Waals surface area contributed by atoms with E-state index in [2.05, 4.69) is 0 Å². The lowest BCUT2D eigenvalue weighted by molar-refractivity contribution is 0.112. The lowest BCUT2D eigenvalue weighted by Crippen LogP contribution is -1.89. The van der Waals surface area contributed by atoms with E-state index < -0.39 is 0 Å². The Balaban J connectivity index is 2.35. The monoisotopic (exact) mass is 246 g/mol. The molecule has 0 saturated carbocycles. The molecule has 0 aliphatic heterocycles. The fourth-order valence-corrected chi connectivity index (χ4v) is 2.36. The van der Waals surface area contributed by atoms with Crippen LogP contribution in [-0.4, -0.2) is 6.29 Å². The Morgan fingerprint density at radius 2 is 1.82 bits per heavy atom. The summed E-state index contributed by atoms with van der Waals surface area (Å²) in [5.41, 5.74) is 1.54. The standard InChI is InChI=1S/C14H11FOS/c1-10-5-7-12(8-6-10)17-14-11(9-16)3-2-4-13(14)15/h2-9H,1H3. The van der Waals surface area contributed by atoms with Gasteiger partial charge in [-0.05, 0) is 25.1 Å². The van der Waals surface area contributed by atoms with Crippen molar-refractivity contribution in [1.82, 2.24) is 0 Å². The van der Waals surface area contributed by atoms with Crippen LogP contribution in [0, 0.1) is 12.7 Å². The highest BCUT2D eigenvalue weighted by molar-refractivity contribution is 7.99. The Labute approximate surface area is 104 Å². The maximum atomic E-state index is 13.6. The molecule has 17 heavy (non-hydrogen) atoms. The maximum absolute atomic E-state index is 13.6. The minimum absolute atomic E-state index is 0.361. The van der Waals surface area contributed by atoms with Crippen LogP contribution in [0.2, 0.25) is 0 Å². The van der Waals surface area contributed by atoms with Gasteiger partial charge in [0.05, 0.1) is 4.90 Å². The molecule has 0 heterocycles. The maximum Gasteiger partial charge on any atom is 0.151 e. The van der Waals surface area contributed by atoms with Gasteiger partial charge >= 0.3 is 0 Å². The van der Waals surface area contributed by atoms with E-state index >= 15 is 0 Å². The first-order chi connectivity index (χ1) is 8.20. The second-order valence-corrected chi connectivity index (χ2v) is 4.77. The third kappa shape index (κ3) is 2.74. The van der Waals surface area contributed by atoms with Gasteiger partial charge < -0.3 is 0 Å². The first-order valence-electron chi connectivity index (χ1n) is 5.19. The molecule has 0 spiro atoms. The van der Waals surface area contributed by atoms with Crippen molar-refractivity contribution in [2.45, 2.75) is 16.7 Å². The van der Waals surface area contributed by atoms with E-state index in [9.17, 15) is 9.18 Å². The largest absolute Gasteiger partial charge is 0.298 e. The van der Waals surface area contributed by atoms with Crippen LogP contribution in [0.4, 0.5) is 4.39 Å².